The maximum Gasteiger partial charge on any atom is 0.259 e. The van der Waals surface area contributed by atoms with Crippen molar-refractivity contribution in [2.45, 2.75) is 102 Å². The number of carbonyl (C=O) groups excluding carboxylic acids is 1. The number of carbonyl (C=O) groups is 1. The van der Waals surface area contributed by atoms with Gasteiger partial charge in [0.05, 0.1) is 12.7 Å². The lowest BCUT2D eigenvalue weighted by Gasteiger charge is -2.38. The lowest BCUT2D eigenvalue weighted by Crippen LogP contribution is -2.45. The summed E-state index contributed by atoms with van der Waals surface area (Å²) in [6.45, 7) is 17.0. The summed E-state index contributed by atoms with van der Waals surface area (Å²) in [5.74, 6) is 0.456. The number of hydrogen-bond donors (Lipinski definition) is 1. The minimum Gasteiger partial charge on any atom is -0.349 e. The van der Waals surface area contributed by atoms with Gasteiger partial charge in [-0.15, -0.1) is 0 Å². The molecule has 7 nitrogen and oxygen atoms in total. The van der Waals surface area contributed by atoms with Gasteiger partial charge in [-0.1, -0.05) is 42.0 Å². The highest BCUT2D eigenvalue weighted by Gasteiger charge is 2.49. The molecule has 2 fully saturated rings. The summed E-state index contributed by atoms with van der Waals surface area (Å²) in [6, 6.07) is 0.254. The number of hydrogen-bond acceptors (Lipinski definition) is 8. The second kappa shape index (κ2) is 12.3. The van der Waals surface area contributed by atoms with Crippen LogP contribution in [0, 0.1) is 5.92 Å². The average Bonchev–Trinajstić information content (AvgIpc) is 3.26. The average molecular weight is 537 g/mol. The molecule has 3 aliphatic heterocycles. The molecule has 3 heterocycles. The number of amides is 1. The molecule has 11 heteroatoms. The molecule has 1 amide bonds. The fourth-order valence-corrected chi connectivity index (χ4v) is 9.60. The zero-order valence-electron chi connectivity index (χ0n) is 21.8. The molecule has 0 spiro atoms. The van der Waals surface area contributed by atoms with Crippen LogP contribution in [0.25, 0.3) is 0 Å². The molecule has 0 aromatic rings. The van der Waals surface area contributed by atoms with Gasteiger partial charge in [-0.2, -0.15) is 0 Å². The monoisotopic (exact) mass is 536 g/mol. The molecule has 7 atom stereocenters. The Bertz CT molecular complexity index is 765. The fourth-order valence-electron chi connectivity index (χ4n) is 4.43. The van der Waals surface area contributed by atoms with Gasteiger partial charge in [-0.05, 0) is 46.9 Å². The number of nitrogens with zero attached hydrogens (tertiary/aromatic N) is 2. The first-order chi connectivity index (χ1) is 16.5. The summed E-state index contributed by atoms with van der Waals surface area (Å²) in [7, 11) is 2.26. The van der Waals surface area contributed by atoms with Crippen LogP contribution < -0.4 is 5.32 Å². The van der Waals surface area contributed by atoms with Gasteiger partial charge in [0.25, 0.3) is 14.4 Å². The standard InChI is InChI=1S/C23H39FN3O4PS2/c1-13(2)27(14(3)4)32(29-12-10-19-16(6)33-34-17(19)7)31-22-15(5)30-23(21(22)24)26-11-9-20(28)25-18(26)8/h9,11,13-17,19,21-23H,8,10,12H2,1-7H3,(H,25,28)/i5D. The second-order valence-electron chi connectivity index (χ2n) is 9.43. The van der Waals surface area contributed by atoms with Crippen LogP contribution in [-0.4, -0.2) is 69.3 Å². The highest BCUT2D eigenvalue weighted by atomic mass is 33.1. The van der Waals surface area contributed by atoms with E-state index in [2.05, 4.69) is 58.1 Å². The van der Waals surface area contributed by atoms with Crippen molar-refractivity contribution in [3.63, 3.8) is 0 Å². The van der Waals surface area contributed by atoms with Gasteiger partial charge in [-0.25, -0.2) is 9.06 Å². The van der Waals surface area contributed by atoms with E-state index in [1.165, 1.54) is 17.2 Å². The Morgan fingerprint density at radius 3 is 2.53 bits per heavy atom. The Kier molecular flexibility index (Phi) is 9.63. The zero-order valence-corrected chi connectivity index (χ0v) is 23.4. The molecular formula is C23H39FN3O4PS2. The van der Waals surface area contributed by atoms with E-state index in [-0.39, 0.29) is 30.7 Å². The molecule has 3 rings (SSSR count). The Labute approximate surface area is 214 Å². The van der Waals surface area contributed by atoms with Crippen molar-refractivity contribution in [1.29, 1.82) is 0 Å². The Morgan fingerprint density at radius 1 is 1.32 bits per heavy atom. The molecule has 1 N–H and O–H groups in total. The van der Waals surface area contributed by atoms with Crippen molar-refractivity contribution < 1.29 is 24.3 Å². The van der Waals surface area contributed by atoms with Crippen LogP contribution in [0.3, 0.4) is 0 Å². The van der Waals surface area contributed by atoms with Crippen LogP contribution >= 0.6 is 30.1 Å². The molecule has 0 radical (unpaired) electrons. The van der Waals surface area contributed by atoms with Gasteiger partial charge in [0, 0.05) is 36.2 Å². The normalized spacial score (nSPS) is 35.5. The zero-order chi connectivity index (χ0) is 25.9. The highest BCUT2D eigenvalue weighted by Crippen LogP contribution is 2.52. The van der Waals surface area contributed by atoms with Crippen molar-refractivity contribution >= 4 is 36.0 Å². The number of rotatable bonds is 10. The van der Waals surface area contributed by atoms with Crippen LogP contribution in [-0.2, 0) is 18.6 Å². The molecule has 34 heavy (non-hydrogen) atoms. The third kappa shape index (κ3) is 6.50. The first-order valence-corrected chi connectivity index (χ1v) is 15.2. The molecular weight excluding hydrogens is 496 g/mol. The summed E-state index contributed by atoms with van der Waals surface area (Å²) in [5.41, 5.74) is 0. The second-order valence-corrected chi connectivity index (χ2v) is 13.9. The van der Waals surface area contributed by atoms with Crippen molar-refractivity contribution in [3.8, 4) is 0 Å². The minimum absolute atomic E-state index is 0.127. The van der Waals surface area contributed by atoms with E-state index in [9.17, 15) is 4.79 Å². The van der Waals surface area contributed by atoms with Crippen LogP contribution in [0.4, 0.5) is 4.39 Å². The smallest absolute Gasteiger partial charge is 0.259 e. The van der Waals surface area contributed by atoms with Gasteiger partial charge in [0.2, 0.25) is 0 Å². The molecule has 0 aromatic heterocycles. The summed E-state index contributed by atoms with van der Waals surface area (Å²) in [4.78, 5) is 13.0. The Balaban J connectivity index is 1.74. The number of alkyl halides is 1. The van der Waals surface area contributed by atoms with Gasteiger partial charge < -0.3 is 24.0 Å². The maximum absolute atomic E-state index is 15.8. The minimum atomic E-state index is -1.59. The van der Waals surface area contributed by atoms with Crippen molar-refractivity contribution in [3.05, 3.63) is 24.7 Å². The molecule has 0 aromatic carbocycles. The fraction of sp³-hybridized carbons (Fsp3) is 0.783. The largest absolute Gasteiger partial charge is 0.349 e. The predicted molar refractivity (Wildman–Crippen MR) is 140 cm³/mol. The third-order valence-electron chi connectivity index (χ3n) is 6.18. The van der Waals surface area contributed by atoms with E-state index in [0.29, 0.717) is 23.0 Å². The first kappa shape index (κ1) is 26.7. The molecule has 3 aliphatic rings. The van der Waals surface area contributed by atoms with E-state index < -0.39 is 33.1 Å². The van der Waals surface area contributed by atoms with Crippen LogP contribution in [0.5, 0.6) is 0 Å². The molecule has 2 saturated heterocycles. The van der Waals surface area contributed by atoms with E-state index in [4.69, 9.17) is 15.2 Å². The van der Waals surface area contributed by atoms with Gasteiger partial charge in [-0.3, -0.25) is 4.79 Å². The summed E-state index contributed by atoms with van der Waals surface area (Å²) >= 11 is 0. The van der Waals surface area contributed by atoms with Gasteiger partial charge in [0.15, 0.2) is 12.4 Å². The molecule has 194 valence electrons. The Hall–Kier alpha value is -0.350. The van der Waals surface area contributed by atoms with E-state index in [1.54, 1.807) is 0 Å². The van der Waals surface area contributed by atoms with Gasteiger partial charge >= 0.3 is 0 Å². The number of ether oxygens (including phenoxy) is 1. The Morgan fingerprint density at radius 2 is 1.97 bits per heavy atom. The summed E-state index contributed by atoms with van der Waals surface area (Å²) < 4.78 is 44.6. The van der Waals surface area contributed by atoms with E-state index in [1.807, 2.05) is 21.6 Å². The molecule has 0 bridgehead atoms. The topological polar surface area (TPSA) is 63.3 Å². The van der Waals surface area contributed by atoms with Crippen LogP contribution in [0.2, 0.25) is 0 Å². The summed E-state index contributed by atoms with van der Waals surface area (Å²) in [6.07, 6.45) is -0.681. The van der Waals surface area contributed by atoms with E-state index >= 15 is 4.39 Å². The first-order valence-electron chi connectivity index (χ1n) is 12.5. The SMILES string of the molecule is [2H]CC1OC(N2C=CC(=O)NC2=C)C(F)C1OP(OCCC1C(C)SSC1C)N(C(C)C)C(C)C. The molecule has 7 unspecified atom stereocenters. The lowest BCUT2D eigenvalue weighted by atomic mass is 9.99. The van der Waals surface area contributed by atoms with Crippen LogP contribution in [0.1, 0.15) is 56.2 Å². The number of nitrogens with one attached hydrogen (secondary N) is 1. The van der Waals surface area contributed by atoms with Crippen molar-refractivity contribution in [2.24, 2.45) is 5.92 Å². The molecule has 0 saturated carbocycles. The molecule has 0 aliphatic carbocycles. The maximum atomic E-state index is 15.8. The van der Waals surface area contributed by atoms with Crippen molar-refractivity contribution in [1.82, 2.24) is 14.9 Å². The quantitative estimate of drug-likeness (QED) is 0.294. The number of halogens is 1. The van der Waals surface area contributed by atoms with Crippen molar-refractivity contribution in [2.75, 3.05) is 6.61 Å². The highest BCUT2D eigenvalue weighted by molar-refractivity contribution is 8.77. The predicted octanol–water partition coefficient (Wildman–Crippen LogP) is 5.41. The van der Waals surface area contributed by atoms with Crippen LogP contribution in [0.15, 0.2) is 24.7 Å². The van der Waals surface area contributed by atoms with E-state index in [0.717, 1.165) is 6.42 Å². The lowest BCUT2D eigenvalue weighted by molar-refractivity contribution is -0.117. The van der Waals surface area contributed by atoms with Gasteiger partial charge in [0.1, 0.15) is 11.9 Å². The third-order valence-corrected chi connectivity index (χ3v) is 11.9. The summed E-state index contributed by atoms with van der Waals surface area (Å²) in [5, 5.41) is 3.69.